The molecule has 1 heterocycles. The Morgan fingerprint density at radius 2 is 2.14 bits per heavy atom. The van der Waals surface area contributed by atoms with Gasteiger partial charge in [-0.1, -0.05) is 30.1 Å². The van der Waals surface area contributed by atoms with Crippen LogP contribution in [0.2, 0.25) is 0 Å². The van der Waals surface area contributed by atoms with Crippen molar-refractivity contribution in [2.24, 2.45) is 5.92 Å². The number of nitrogens with zero attached hydrogens (tertiary/aromatic N) is 3. The minimum atomic E-state index is 0.449. The van der Waals surface area contributed by atoms with Gasteiger partial charge in [-0.2, -0.15) is 5.26 Å². The predicted molar refractivity (Wildman–Crippen MR) is 78.4 cm³/mol. The third-order valence-corrected chi connectivity index (χ3v) is 3.90. The van der Waals surface area contributed by atoms with E-state index in [-0.39, 0.29) is 0 Å². The molecule has 0 atom stereocenters. The van der Waals surface area contributed by atoms with Gasteiger partial charge in [-0.15, -0.1) is 5.10 Å². The maximum atomic E-state index is 8.88. The highest BCUT2D eigenvalue weighted by atomic mass is 16.4. The van der Waals surface area contributed by atoms with Crippen molar-refractivity contribution < 1.29 is 4.42 Å². The fraction of sp³-hybridized carbons (Fsp3) is 0.438. The van der Waals surface area contributed by atoms with Crippen molar-refractivity contribution in [2.75, 3.05) is 5.32 Å². The van der Waals surface area contributed by atoms with Crippen LogP contribution in [0.3, 0.4) is 0 Å². The Balaban J connectivity index is 1.55. The Morgan fingerprint density at radius 3 is 2.95 bits per heavy atom. The van der Waals surface area contributed by atoms with E-state index >= 15 is 0 Å². The van der Waals surface area contributed by atoms with Gasteiger partial charge >= 0.3 is 6.01 Å². The van der Waals surface area contributed by atoms with Gasteiger partial charge in [0.15, 0.2) is 0 Å². The van der Waals surface area contributed by atoms with Gasteiger partial charge in [0, 0.05) is 13.0 Å². The van der Waals surface area contributed by atoms with E-state index in [2.05, 4.69) is 21.6 Å². The minimum Gasteiger partial charge on any atom is -0.408 e. The first-order valence-electron chi connectivity index (χ1n) is 7.39. The van der Waals surface area contributed by atoms with Crippen LogP contribution in [0.4, 0.5) is 6.01 Å². The van der Waals surface area contributed by atoms with Gasteiger partial charge in [0.25, 0.3) is 0 Å². The Labute approximate surface area is 124 Å². The Kier molecular flexibility index (Phi) is 4.15. The molecule has 5 heteroatoms. The maximum Gasteiger partial charge on any atom is 0.315 e. The molecule has 0 aliphatic heterocycles. The smallest absolute Gasteiger partial charge is 0.315 e. The number of hydrogen-bond donors (Lipinski definition) is 1. The first-order chi connectivity index (χ1) is 10.3. The number of aromatic nitrogens is 2. The second-order valence-corrected chi connectivity index (χ2v) is 5.52. The molecule has 21 heavy (non-hydrogen) atoms. The summed E-state index contributed by atoms with van der Waals surface area (Å²) in [4.78, 5) is 0. The van der Waals surface area contributed by atoms with E-state index in [9.17, 15) is 0 Å². The van der Waals surface area contributed by atoms with Crippen LogP contribution in [0.15, 0.2) is 28.7 Å². The Bertz CT molecular complexity index is 638. The highest BCUT2D eigenvalue weighted by Crippen LogP contribution is 2.27. The van der Waals surface area contributed by atoms with Crippen LogP contribution in [0.5, 0.6) is 0 Å². The second-order valence-electron chi connectivity index (χ2n) is 5.52. The lowest BCUT2D eigenvalue weighted by molar-refractivity contribution is 0.437. The lowest BCUT2D eigenvalue weighted by atomic mass is 10.0. The zero-order chi connectivity index (χ0) is 14.5. The first-order valence-corrected chi connectivity index (χ1v) is 7.39. The zero-order valence-electron chi connectivity index (χ0n) is 11.9. The summed E-state index contributed by atoms with van der Waals surface area (Å²) in [7, 11) is 0. The van der Waals surface area contributed by atoms with E-state index < -0.39 is 0 Å². The number of benzene rings is 1. The molecule has 3 rings (SSSR count). The van der Waals surface area contributed by atoms with E-state index in [4.69, 9.17) is 9.68 Å². The number of hydrogen-bond acceptors (Lipinski definition) is 5. The molecule has 2 aromatic rings. The molecule has 1 N–H and O–H groups in total. The average molecular weight is 282 g/mol. The van der Waals surface area contributed by atoms with Gasteiger partial charge in [-0.25, -0.2) is 0 Å². The molecule has 1 fully saturated rings. The van der Waals surface area contributed by atoms with Crippen LogP contribution >= 0.6 is 0 Å². The van der Waals surface area contributed by atoms with Crippen LogP contribution in [0, 0.1) is 17.2 Å². The van der Waals surface area contributed by atoms with Crippen molar-refractivity contribution in [2.45, 2.75) is 38.6 Å². The summed E-state index contributed by atoms with van der Waals surface area (Å²) in [6, 6.07) is 10.0. The molecule has 0 bridgehead atoms. The van der Waals surface area contributed by atoms with E-state index in [1.165, 1.54) is 25.7 Å². The van der Waals surface area contributed by atoms with E-state index in [0.717, 1.165) is 17.9 Å². The highest BCUT2D eigenvalue weighted by molar-refractivity contribution is 5.34. The summed E-state index contributed by atoms with van der Waals surface area (Å²) >= 11 is 0. The predicted octanol–water partition coefficient (Wildman–Crippen LogP) is 3.29. The van der Waals surface area contributed by atoms with Crippen molar-refractivity contribution in [3.8, 4) is 6.07 Å². The van der Waals surface area contributed by atoms with E-state index in [1.807, 2.05) is 18.2 Å². The quantitative estimate of drug-likeness (QED) is 0.910. The van der Waals surface area contributed by atoms with Crippen LogP contribution in [-0.2, 0) is 13.0 Å². The molecule has 1 aliphatic rings. The summed E-state index contributed by atoms with van der Waals surface area (Å²) in [5.41, 5.74) is 1.67. The van der Waals surface area contributed by atoms with Gasteiger partial charge in [0.2, 0.25) is 5.89 Å². The van der Waals surface area contributed by atoms with Crippen LogP contribution in [0.1, 0.15) is 42.7 Å². The number of nitrogens with one attached hydrogen (secondary N) is 1. The Morgan fingerprint density at radius 1 is 1.29 bits per heavy atom. The third kappa shape index (κ3) is 3.60. The van der Waals surface area contributed by atoms with Crippen molar-refractivity contribution in [3.05, 3.63) is 41.3 Å². The SMILES string of the molecule is N#Cc1cccc(CNc2nnc(CC3CCCC3)o2)c1. The third-order valence-electron chi connectivity index (χ3n) is 3.90. The van der Waals surface area contributed by atoms with Crippen LogP contribution in [0.25, 0.3) is 0 Å². The van der Waals surface area contributed by atoms with Crippen LogP contribution < -0.4 is 5.32 Å². The summed E-state index contributed by atoms with van der Waals surface area (Å²) in [5.74, 6) is 1.42. The van der Waals surface area contributed by atoms with Crippen molar-refractivity contribution in [1.29, 1.82) is 5.26 Å². The van der Waals surface area contributed by atoms with Crippen molar-refractivity contribution >= 4 is 6.01 Å². The molecule has 1 aromatic heterocycles. The van der Waals surface area contributed by atoms with E-state index in [0.29, 0.717) is 24.0 Å². The standard InChI is InChI=1S/C16H18N4O/c17-10-13-6-3-7-14(8-13)11-18-16-20-19-15(21-16)9-12-4-1-2-5-12/h3,6-8,12H,1-2,4-5,9,11H2,(H,18,20). The van der Waals surface area contributed by atoms with E-state index in [1.54, 1.807) is 6.07 Å². The van der Waals surface area contributed by atoms with Crippen molar-refractivity contribution in [3.63, 3.8) is 0 Å². The number of anilines is 1. The van der Waals surface area contributed by atoms with Crippen LogP contribution in [-0.4, -0.2) is 10.2 Å². The van der Waals surface area contributed by atoms with Gasteiger partial charge in [-0.05, 0) is 36.5 Å². The molecule has 0 unspecified atom stereocenters. The van der Waals surface area contributed by atoms with Gasteiger partial charge in [0.05, 0.1) is 11.6 Å². The number of nitriles is 1. The molecule has 1 saturated carbocycles. The molecule has 5 nitrogen and oxygen atoms in total. The molecule has 0 spiro atoms. The zero-order valence-corrected chi connectivity index (χ0v) is 11.9. The lowest BCUT2D eigenvalue weighted by Crippen LogP contribution is -2.00. The first kappa shape index (κ1) is 13.6. The maximum absolute atomic E-state index is 8.88. The summed E-state index contributed by atoms with van der Waals surface area (Å²) in [6.07, 6.45) is 6.06. The van der Waals surface area contributed by atoms with Gasteiger partial charge < -0.3 is 9.73 Å². The molecular formula is C16H18N4O. The molecule has 0 radical (unpaired) electrons. The number of rotatable bonds is 5. The molecule has 1 aromatic carbocycles. The second kappa shape index (κ2) is 6.40. The fourth-order valence-corrected chi connectivity index (χ4v) is 2.80. The summed E-state index contributed by atoms with van der Waals surface area (Å²) in [5, 5.41) is 20.1. The topological polar surface area (TPSA) is 74.7 Å². The normalized spacial score (nSPS) is 15.0. The monoisotopic (exact) mass is 282 g/mol. The van der Waals surface area contributed by atoms with Gasteiger partial charge in [-0.3, -0.25) is 0 Å². The highest BCUT2D eigenvalue weighted by Gasteiger charge is 2.18. The lowest BCUT2D eigenvalue weighted by Gasteiger charge is -2.04. The Hall–Kier alpha value is -2.35. The molecule has 0 amide bonds. The largest absolute Gasteiger partial charge is 0.408 e. The molecule has 108 valence electrons. The molecular weight excluding hydrogens is 264 g/mol. The molecule has 1 aliphatic carbocycles. The average Bonchev–Trinajstić information content (AvgIpc) is 3.18. The molecule has 0 saturated heterocycles. The minimum absolute atomic E-state index is 0.449. The fourth-order valence-electron chi connectivity index (χ4n) is 2.80. The van der Waals surface area contributed by atoms with Crippen molar-refractivity contribution in [1.82, 2.24) is 10.2 Å². The van der Waals surface area contributed by atoms with Gasteiger partial charge in [0.1, 0.15) is 0 Å². The summed E-state index contributed by atoms with van der Waals surface area (Å²) < 4.78 is 5.63. The summed E-state index contributed by atoms with van der Waals surface area (Å²) in [6.45, 7) is 0.570.